The van der Waals surface area contributed by atoms with Gasteiger partial charge in [0, 0.05) is 164 Å². The zero-order chi connectivity index (χ0) is 2.00. The van der Waals surface area contributed by atoms with Crippen LogP contribution in [0.1, 0.15) is 7.43 Å². The first kappa shape index (κ1) is 50.0. The van der Waals surface area contributed by atoms with Gasteiger partial charge in [-0.15, -0.1) is 0 Å². The van der Waals surface area contributed by atoms with Gasteiger partial charge in [0.1, 0.15) is 0 Å². The summed E-state index contributed by atoms with van der Waals surface area (Å²) in [4.78, 5) is 0. The molecule has 0 saturated heterocycles. The molecule has 0 aliphatic heterocycles. The molecule has 0 aliphatic carbocycles. The van der Waals surface area contributed by atoms with E-state index in [9.17, 15) is 0 Å². The van der Waals surface area contributed by atoms with E-state index in [4.69, 9.17) is 5.73 Å². The topological polar surface area (TPSA) is 23.8 Å². The fourth-order valence-electron chi connectivity index (χ4n) is 0. The van der Waals surface area contributed by atoms with E-state index in [2.05, 4.69) is 0 Å². The first-order valence-corrected chi connectivity index (χ1v) is 0.500. The second-order valence-corrected chi connectivity index (χ2v) is 0. The molecule has 0 atom stereocenters. The van der Waals surface area contributed by atoms with Crippen LogP contribution in [0.2, 0.25) is 0 Å². The van der Waals surface area contributed by atoms with E-state index in [1.165, 1.54) is 7.05 Å². The molecule has 1 N–H and O–H groups in total. The predicted molar refractivity (Wildman–Crippen MR) is 17.0 cm³/mol. The van der Waals surface area contributed by atoms with E-state index < -0.39 is 0 Å². The van der Waals surface area contributed by atoms with Gasteiger partial charge in [-0.2, -0.15) is 7.05 Å². The predicted octanol–water partition coefficient (Wildman–Crippen LogP) is 1.29. The van der Waals surface area contributed by atoms with Gasteiger partial charge in [0.2, 0.25) is 0 Å². The van der Waals surface area contributed by atoms with E-state index in [1.54, 1.807) is 0 Å². The minimum Gasteiger partial charge on any atom is -0.680 e. The van der Waals surface area contributed by atoms with Gasteiger partial charge < -0.3 is 5.73 Å². The summed E-state index contributed by atoms with van der Waals surface area (Å²) in [5, 5.41) is 0. The summed E-state index contributed by atoms with van der Waals surface area (Å²) in [6.45, 7) is 0. The molecule has 0 unspecified atom stereocenters. The van der Waals surface area contributed by atoms with Gasteiger partial charge >= 0.3 is 0 Å². The molecule has 0 aromatic heterocycles. The minimum absolute atomic E-state index is 0. The van der Waals surface area contributed by atoms with E-state index in [-0.39, 0.29) is 171 Å². The maximum absolute atomic E-state index is 5.75. The molecule has 0 spiro atoms. The van der Waals surface area contributed by atoms with Gasteiger partial charge in [0.15, 0.2) is 0 Å². The van der Waals surface area contributed by atoms with Crippen molar-refractivity contribution in [3.8, 4) is 0 Å². The first-order chi connectivity index (χ1) is 1.00. The van der Waals surface area contributed by atoms with Crippen LogP contribution >= 0.6 is 0 Å². The van der Waals surface area contributed by atoms with Gasteiger partial charge in [-0.25, -0.2) is 0 Å². The third-order valence-electron chi connectivity index (χ3n) is 0. The average Bonchev–Trinajstić information content (AvgIpc) is 1.00. The normalized spacial score (nSPS) is 0.750. The summed E-state index contributed by atoms with van der Waals surface area (Å²) in [7, 11) is 1.25. The summed E-state index contributed by atoms with van der Waals surface area (Å²) >= 11 is 0. The largest absolute Gasteiger partial charge is 0.680 e. The average molecular weight is 491 g/mol. The van der Waals surface area contributed by atoms with Crippen LogP contribution in [0.25, 0.3) is 5.73 Å². The quantitative estimate of drug-likeness (QED) is 0.489. The molecule has 6 heteroatoms. The third kappa shape index (κ3) is 42.0. The van der Waals surface area contributed by atoms with E-state index >= 15 is 0 Å². The molecule has 0 aliphatic rings. The Kier molecular flexibility index (Phi) is 342. The fourth-order valence-corrected chi connectivity index (χ4v) is 0. The van der Waals surface area contributed by atoms with Crippen molar-refractivity contribution in [2.24, 2.45) is 0 Å². The van der Waals surface area contributed by atoms with Gasteiger partial charge in [-0.3, -0.25) is 0 Å². The SMILES string of the molecule is C.C[NH-].[Y].[Y].[Y].[Y].[Y]. The summed E-state index contributed by atoms with van der Waals surface area (Å²) in [5.74, 6) is 0. The van der Waals surface area contributed by atoms with Crippen molar-refractivity contribution < 1.29 is 164 Å². The minimum atomic E-state index is 0. The molecular formula is C2H8NY5-. The van der Waals surface area contributed by atoms with Crippen molar-refractivity contribution in [1.29, 1.82) is 0 Å². The van der Waals surface area contributed by atoms with Crippen LogP contribution in [0.3, 0.4) is 0 Å². The number of hydrogen-bond acceptors (Lipinski definition) is 0. The standard InChI is InChI=1S/CH4N.CH4.5Y/c1-2;;;;;;/h2H,1H3;1H4;;;;;/q-1;;;;;;. The van der Waals surface area contributed by atoms with Crippen LogP contribution in [-0.4, -0.2) is 7.05 Å². The Labute approximate surface area is 178 Å². The summed E-state index contributed by atoms with van der Waals surface area (Å²) in [6, 6.07) is 0. The molecule has 8 heavy (non-hydrogen) atoms. The van der Waals surface area contributed by atoms with Gasteiger partial charge in [0.05, 0.1) is 0 Å². The monoisotopic (exact) mass is 491 g/mol. The molecule has 5 radical (unpaired) electrons. The van der Waals surface area contributed by atoms with Crippen molar-refractivity contribution in [2.45, 2.75) is 7.43 Å². The molecule has 0 aromatic carbocycles. The first-order valence-electron chi connectivity index (χ1n) is 0.500. The van der Waals surface area contributed by atoms with Crippen molar-refractivity contribution in [1.82, 2.24) is 0 Å². The summed E-state index contributed by atoms with van der Waals surface area (Å²) < 4.78 is 0. The summed E-state index contributed by atoms with van der Waals surface area (Å²) in [5.41, 5.74) is 5.75. The van der Waals surface area contributed by atoms with Crippen LogP contribution in [0.4, 0.5) is 0 Å². The van der Waals surface area contributed by atoms with Gasteiger partial charge in [0.25, 0.3) is 0 Å². The van der Waals surface area contributed by atoms with Crippen LogP contribution in [0, 0.1) is 0 Å². The van der Waals surface area contributed by atoms with E-state index in [0.717, 1.165) is 0 Å². The Hall–Kier alpha value is 5.48. The Morgan fingerprint density at radius 1 is 0.625 bits per heavy atom. The van der Waals surface area contributed by atoms with E-state index in [1.807, 2.05) is 0 Å². The van der Waals surface area contributed by atoms with Crippen molar-refractivity contribution in [2.75, 3.05) is 7.05 Å². The molecule has 37 valence electrons. The van der Waals surface area contributed by atoms with E-state index in [0.29, 0.717) is 0 Å². The zero-order valence-electron chi connectivity index (χ0n) is 4.39. The molecular weight excluding hydrogens is 483 g/mol. The molecule has 0 heterocycles. The van der Waals surface area contributed by atoms with Gasteiger partial charge in [-0.1, -0.05) is 7.43 Å². The van der Waals surface area contributed by atoms with Crippen LogP contribution < -0.4 is 0 Å². The third-order valence-corrected chi connectivity index (χ3v) is 0. The molecule has 0 bridgehead atoms. The van der Waals surface area contributed by atoms with Crippen LogP contribution in [0.15, 0.2) is 0 Å². The second-order valence-electron chi connectivity index (χ2n) is 0. The smallest absolute Gasteiger partial charge is 0 e. The maximum Gasteiger partial charge on any atom is 0 e. The van der Waals surface area contributed by atoms with Crippen LogP contribution in [-0.2, 0) is 164 Å². The zero-order valence-corrected chi connectivity index (χ0v) is 18.6. The molecule has 0 amide bonds. The number of hydrogen-bond donors (Lipinski definition) is 0. The Bertz CT molecular complexity index is 10.4. The molecule has 0 rings (SSSR count). The van der Waals surface area contributed by atoms with Gasteiger partial charge in [-0.05, 0) is 0 Å². The number of nitrogens with one attached hydrogen (secondary N) is 1. The molecule has 1 nitrogen and oxygen atoms in total. The fraction of sp³-hybridized carbons (Fsp3) is 1.00. The van der Waals surface area contributed by atoms with Crippen molar-refractivity contribution in [3.05, 3.63) is 5.73 Å². The maximum atomic E-state index is 5.75. The molecule has 0 aromatic rings. The molecule has 0 fully saturated rings. The van der Waals surface area contributed by atoms with Crippen molar-refractivity contribution in [3.63, 3.8) is 0 Å². The second kappa shape index (κ2) is 54.8. The molecule has 0 saturated carbocycles. The Morgan fingerprint density at radius 3 is 0.625 bits per heavy atom. The van der Waals surface area contributed by atoms with Crippen LogP contribution in [0.5, 0.6) is 0 Å². The summed E-state index contributed by atoms with van der Waals surface area (Å²) in [6.07, 6.45) is 0. The van der Waals surface area contributed by atoms with Crippen molar-refractivity contribution >= 4 is 0 Å². The Morgan fingerprint density at radius 2 is 0.625 bits per heavy atom. The Balaban J connectivity index is -0.000000000333. The number of rotatable bonds is 0.